The third kappa shape index (κ3) is 2.92. The molecule has 6 atom stereocenters. The van der Waals surface area contributed by atoms with E-state index in [1.807, 2.05) is 6.20 Å². The zero-order valence-corrected chi connectivity index (χ0v) is 20.0. The second-order valence-electron chi connectivity index (χ2n) is 10.6. The predicted octanol–water partition coefficient (Wildman–Crippen LogP) is 5.35. The van der Waals surface area contributed by atoms with Crippen LogP contribution in [-0.2, 0) is 0 Å². The Kier molecular flexibility index (Phi) is 4.54. The normalized spacial score (nSPS) is 35.7. The Hall–Kier alpha value is -3.65. The average Bonchev–Trinajstić information content (AvgIpc) is 3.37. The monoisotopic (exact) mass is 459 g/mol. The molecule has 174 valence electrons. The van der Waals surface area contributed by atoms with E-state index in [1.165, 1.54) is 11.3 Å². The van der Waals surface area contributed by atoms with E-state index in [4.69, 9.17) is 0 Å². The first-order chi connectivity index (χ1) is 17.2. The highest BCUT2D eigenvalue weighted by Crippen LogP contribution is 2.51. The van der Waals surface area contributed by atoms with Gasteiger partial charge in [0.25, 0.3) is 0 Å². The van der Waals surface area contributed by atoms with Crippen LogP contribution in [0.4, 0.5) is 11.4 Å². The van der Waals surface area contributed by atoms with Gasteiger partial charge in [0.05, 0.1) is 29.3 Å². The summed E-state index contributed by atoms with van der Waals surface area (Å²) in [5.41, 5.74) is 5.34. The molecule has 6 unspecified atom stereocenters. The maximum atomic E-state index is 10.1. The van der Waals surface area contributed by atoms with Crippen molar-refractivity contribution < 1.29 is 0 Å². The minimum absolute atomic E-state index is 0.251. The van der Waals surface area contributed by atoms with Crippen molar-refractivity contribution in [3.8, 4) is 6.07 Å². The Balaban J connectivity index is 1.38. The molecule has 2 aliphatic carbocycles. The van der Waals surface area contributed by atoms with Crippen molar-refractivity contribution in [2.24, 2.45) is 27.7 Å². The molecule has 0 bridgehead atoms. The van der Waals surface area contributed by atoms with Crippen LogP contribution in [0.15, 0.2) is 88.2 Å². The Labute approximate surface area is 206 Å². The van der Waals surface area contributed by atoms with E-state index >= 15 is 0 Å². The molecule has 0 spiro atoms. The molecule has 1 saturated heterocycles. The first-order valence-electron chi connectivity index (χ1n) is 12.8. The van der Waals surface area contributed by atoms with Gasteiger partial charge < -0.3 is 9.80 Å². The Morgan fingerprint density at radius 1 is 1.09 bits per heavy atom. The fraction of sp³-hybridized carbons (Fsp3) is 0.367. The van der Waals surface area contributed by atoms with Crippen molar-refractivity contribution >= 4 is 23.8 Å². The van der Waals surface area contributed by atoms with Crippen LogP contribution in [0.1, 0.15) is 31.7 Å². The van der Waals surface area contributed by atoms with Crippen molar-refractivity contribution in [3.05, 3.63) is 83.8 Å². The van der Waals surface area contributed by atoms with Gasteiger partial charge in [-0.3, -0.25) is 9.98 Å². The highest BCUT2D eigenvalue weighted by molar-refractivity contribution is 5.86. The molecule has 1 aromatic rings. The molecule has 0 amide bonds. The summed E-state index contributed by atoms with van der Waals surface area (Å²) in [7, 11) is 0. The number of nitrogens with zero attached hydrogens (tertiary/aromatic N) is 5. The van der Waals surface area contributed by atoms with Gasteiger partial charge in [-0.05, 0) is 55.9 Å². The lowest BCUT2D eigenvalue weighted by atomic mass is 9.81. The summed E-state index contributed by atoms with van der Waals surface area (Å²) in [6, 6.07) is 9.43. The first-order valence-corrected chi connectivity index (χ1v) is 12.8. The summed E-state index contributed by atoms with van der Waals surface area (Å²) in [6.45, 7) is 3.18. The van der Waals surface area contributed by atoms with E-state index in [9.17, 15) is 5.26 Å². The maximum absolute atomic E-state index is 10.1. The number of allylic oxidation sites excluding steroid dienone is 5. The topological polar surface area (TPSA) is 55.0 Å². The molecule has 6 aliphatic rings. The van der Waals surface area contributed by atoms with Crippen LogP contribution in [0.2, 0.25) is 0 Å². The van der Waals surface area contributed by atoms with Crippen LogP contribution in [0.3, 0.4) is 0 Å². The Morgan fingerprint density at radius 3 is 2.89 bits per heavy atom. The molecule has 0 N–H and O–H groups in total. The lowest BCUT2D eigenvalue weighted by Gasteiger charge is -2.41. The Bertz CT molecular complexity index is 1330. The lowest BCUT2D eigenvalue weighted by Crippen LogP contribution is -2.48. The summed E-state index contributed by atoms with van der Waals surface area (Å²) in [5.74, 6) is 1.29. The zero-order chi connectivity index (χ0) is 23.6. The highest BCUT2D eigenvalue weighted by Gasteiger charge is 2.50. The first kappa shape index (κ1) is 20.7. The molecule has 7 rings (SSSR count). The number of anilines is 2. The van der Waals surface area contributed by atoms with Gasteiger partial charge in [-0.1, -0.05) is 42.5 Å². The lowest BCUT2D eigenvalue weighted by molar-refractivity contribution is 0.414. The summed E-state index contributed by atoms with van der Waals surface area (Å²) >= 11 is 0. The van der Waals surface area contributed by atoms with Crippen molar-refractivity contribution in [2.45, 2.75) is 43.8 Å². The van der Waals surface area contributed by atoms with Gasteiger partial charge in [-0.25, -0.2) is 0 Å². The summed E-state index contributed by atoms with van der Waals surface area (Å²) in [5, 5.41) is 10.1. The number of rotatable bonds is 2. The van der Waals surface area contributed by atoms with Gasteiger partial charge in [-0.2, -0.15) is 5.26 Å². The molecule has 5 nitrogen and oxygen atoms in total. The average molecular weight is 460 g/mol. The number of benzene rings is 1. The number of nitriles is 1. The van der Waals surface area contributed by atoms with Crippen LogP contribution < -0.4 is 9.80 Å². The van der Waals surface area contributed by atoms with Crippen molar-refractivity contribution in [3.63, 3.8) is 0 Å². The molecule has 4 aliphatic heterocycles. The second-order valence-corrected chi connectivity index (χ2v) is 10.6. The van der Waals surface area contributed by atoms with Crippen LogP contribution in [0.25, 0.3) is 0 Å². The number of fused-ring (bicyclic) bond motifs is 5. The minimum Gasteiger partial charge on any atom is -0.356 e. The Morgan fingerprint density at radius 2 is 1.97 bits per heavy atom. The highest BCUT2D eigenvalue weighted by atomic mass is 15.3. The van der Waals surface area contributed by atoms with Gasteiger partial charge in [0.1, 0.15) is 0 Å². The summed E-state index contributed by atoms with van der Waals surface area (Å²) in [4.78, 5) is 14.2. The largest absolute Gasteiger partial charge is 0.356 e. The van der Waals surface area contributed by atoms with Gasteiger partial charge in [0.15, 0.2) is 0 Å². The summed E-state index contributed by atoms with van der Waals surface area (Å²) < 4.78 is 0. The third-order valence-corrected chi connectivity index (χ3v) is 8.76. The van der Waals surface area contributed by atoms with Gasteiger partial charge in [0.2, 0.25) is 0 Å². The zero-order valence-electron chi connectivity index (χ0n) is 20.0. The maximum Gasteiger partial charge on any atom is 0.0993 e. The van der Waals surface area contributed by atoms with Crippen LogP contribution in [0.5, 0.6) is 0 Å². The number of hydrogen-bond donors (Lipinski definition) is 0. The molecule has 0 saturated carbocycles. The summed E-state index contributed by atoms with van der Waals surface area (Å²) in [6.07, 6.45) is 25.2. The smallest absolute Gasteiger partial charge is 0.0993 e. The van der Waals surface area contributed by atoms with Crippen LogP contribution in [-0.4, -0.2) is 36.6 Å². The van der Waals surface area contributed by atoms with Crippen LogP contribution >= 0.6 is 0 Å². The molecule has 1 aromatic carbocycles. The van der Waals surface area contributed by atoms with Crippen molar-refractivity contribution in [1.29, 1.82) is 5.26 Å². The predicted molar refractivity (Wildman–Crippen MR) is 142 cm³/mol. The van der Waals surface area contributed by atoms with Gasteiger partial charge in [-0.15, -0.1) is 0 Å². The molecule has 5 heteroatoms. The van der Waals surface area contributed by atoms with E-state index in [-0.39, 0.29) is 23.5 Å². The fourth-order valence-electron chi connectivity index (χ4n) is 7.29. The van der Waals surface area contributed by atoms with E-state index in [0.717, 1.165) is 37.2 Å². The fourth-order valence-corrected chi connectivity index (χ4v) is 7.29. The minimum atomic E-state index is -0.282. The van der Waals surface area contributed by atoms with E-state index in [1.54, 1.807) is 0 Å². The van der Waals surface area contributed by atoms with E-state index < -0.39 is 0 Å². The molecular weight excluding hydrogens is 430 g/mol. The third-order valence-electron chi connectivity index (χ3n) is 8.76. The molecule has 0 aromatic heterocycles. The molecule has 0 radical (unpaired) electrons. The molecule has 35 heavy (non-hydrogen) atoms. The van der Waals surface area contributed by atoms with Gasteiger partial charge >= 0.3 is 0 Å². The molecular formula is C30H29N5. The molecule has 4 heterocycles. The van der Waals surface area contributed by atoms with Crippen molar-refractivity contribution in [2.75, 3.05) is 16.3 Å². The quantitative estimate of drug-likeness (QED) is 0.599. The SMILES string of the molecule is CC12C=NC=CC1C1=C(CCC=C1)N2c1cc(C#N)cc(N2C3C=CC=CC3C3CCN=CC32)c1. The van der Waals surface area contributed by atoms with Crippen LogP contribution in [0, 0.1) is 29.1 Å². The standard InChI is InChI=1S/C30H29N5/c1-30-19-33-13-11-26(30)25-7-3-5-9-28(25)35(30)22-15-20(17-31)14-21(16-22)34-27-8-4-2-6-23(27)24-10-12-32-18-29(24)34/h2-4,6-8,11,13-16,18-19,23-24,26-27,29H,5,9-10,12H2,1H3. The van der Waals surface area contributed by atoms with E-state index in [0.29, 0.717) is 17.4 Å². The number of aliphatic imine (C=N–C) groups is 2. The van der Waals surface area contributed by atoms with Crippen molar-refractivity contribution in [1.82, 2.24) is 0 Å². The van der Waals surface area contributed by atoms with E-state index in [2.05, 4.69) is 106 Å². The molecule has 1 fully saturated rings. The van der Waals surface area contributed by atoms with Gasteiger partial charge in [0, 0.05) is 54.1 Å². The second kappa shape index (κ2) is 7.68. The number of hydrogen-bond acceptors (Lipinski definition) is 5.